The van der Waals surface area contributed by atoms with Crippen molar-refractivity contribution in [2.45, 2.75) is 44.3 Å². The van der Waals surface area contributed by atoms with Gasteiger partial charge in [0.2, 0.25) is 0 Å². The van der Waals surface area contributed by atoms with Gasteiger partial charge in [0.05, 0.1) is 22.3 Å². The molecule has 142 valence electrons. The number of fused-ring (bicyclic) bond motifs is 3. The van der Waals surface area contributed by atoms with E-state index in [1.807, 2.05) is 12.2 Å². The van der Waals surface area contributed by atoms with Gasteiger partial charge >= 0.3 is 6.18 Å². The van der Waals surface area contributed by atoms with Gasteiger partial charge in [-0.25, -0.2) is 0 Å². The fourth-order valence-electron chi connectivity index (χ4n) is 4.34. The van der Waals surface area contributed by atoms with Crippen LogP contribution in [0.1, 0.15) is 60.4 Å². The number of anilines is 1. The van der Waals surface area contributed by atoms with Crippen molar-refractivity contribution < 1.29 is 13.2 Å². The summed E-state index contributed by atoms with van der Waals surface area (Å²) in [5.74, 6) is 0.192. The zero-order chi connectivity index (χ0) is 19.3. The first-order valence-electron chi connectivity index (χ1n) is 9.20. The van der Waals surface area contributed by atoms with Crippen LogP contribution in [-0.4, -0.2) is 0 Å². The van der Waals surface area contributed by atoms with Gasteiger partial charge in [-0.15, -0.1) is 0 Å². The van der Waals surface area contributed by atoms with Crippen LogP contribution >= 0.6 is 11.6 Å². The molecule has 27 heavy (non-hydrogen) atoms. The highest BCUT2D eigenvalue weighted by molar-refractivity contribution is 6.33. The lowest BCUT2D eigenvalue weighted by Crippen LogP contribution is -2.31. The molecule has 0 unspecified atom stereocenters. The summed E-state index contributed by atoms with van der Waals surface area (Å²) in [5, 5.41) is 3.68. The molecular weight excluding hydrogens is 371 g/mol. The molecule has 1 aliphatic heterocycles. The van der Waals surface area contributed by atoms with Gasteiger partial charge < -0.3 is 5.32 Å². The molecule has 2 aromatic rings. The first kappa shape index (κ1) is 18.4. The van der Waals surface area contributed by atoms with Crippen LogP contribution < -0.4 is 5.32 Å². The number of benzene rings is 2. The topological polar surface area (TPSA) is 12.0 Å². The molecule has 2 aliphatic rings. The van der Waals surface area contributed by atoms with Crippen molar-refractivity contribution in [3.8, 4) is 0 Å². The standard InChI is InChI=1S/C22H21ClF3N/c1-12(2)13-6-8-14(9-7-13)20-16-5-3-4-15(16)19-17(22(24,25)26)10-11-18(23)21(19)27-20/h3-4,6-12,15-16,20,27H,5H2,1-2H3/t15-,16-,20-/m0/s1. The summed E-state index contributed by atoms with van der Waals surface area (Å²) < 4.78 is 40.8. The molecule has 1 aliphatic carbocycles. The predicted molar refractivity (Wildman–Crippen MR) is 103 cm³/mol. The molecule has 0 saturated carbocycles. The maximum atomic E-state index is 13.6. The molecule has 1 heterocycles. The van der Waals surface area contributed by atoms with E-state index in [4.69, 9.17) is 11.6 Å². The average Bonchev–Trinajstić information content (AvgIpc) is 3.10. The smallest absolute Gasteiger partial charge is 0.376 e. The van der Waals surface area contributed by atoms with Gasteiger partial charge in [-0.05, 0) is 47.1 Å². The maximum absolute atomic E-state index is 13.6. The van der Waals surface area contributed by atoms with Gasteiger partial charge in [0.1, 0.15) is 0 Å². The number of nitrogens with one attached hydrogen (secondary N) is 1. The molecule has 0 spiro atoms. The molecule has 2 aromatic carbocycles. The Bertz CT molecular complexity index is 884. The van der Waals surface area contributed by atoms with Crippen LogP contribution in [0.5, 0.6) is 0 Å². The third-order valence-corrected chi connectivity index (χ3v) is 6.05. The van der Waals surface area contributed by atoms with Crippen LogP contribution in [-0.2, 0) is 6.18 Å². The van der Waals surface area contributed by atoms with Crippen molar-refractivity contribution in [1.82, 2.24) is 0 Å². The second-order valence-electron chi connectivity index (χ2n) is 7.68. The summed E-state index contributed by atoms with van der Waals surface area (Å²) in [6.45, 7) is 4.28. The van der Waals surface area contributed by atoms with Crippen LogP contribution in [0.3, 0.4) is 0 Å². The van der Waals surface area contributed by atoms with Crippen molar-refractivity contribution in [2.75, 3.05) is 5.32 Å². The van der Waals surface area contributed by atoms with E-state index in [1.165, 1.54) is 11.6 Å². The minimum Gasteiger partial charge on any atom is -0.376 e. The van der Waals surface area contributed by atoms with Crippen molar-refractivity contribution >= 4 is 17.3 Å². The van der Waals surface area contributed by atoms with Crippen molar-refractivity contribution in [1.29, 1.82) is 0 Å². The SMILES string of the molecule is CC(C)c1ccc([C@@H]2Nc3c(Cl)ccc(C(F)(F)F)c3[C@H]3C=CC[C@@H]32)cc1. The Labute approximate surface area is 162 Å². The number of alkyl halides is 3. The molecule has 0 fully saturated rings. The second-order valence-corrected chi connectivity index (χ2v) is 8.09. The van der Waals surface area contributed by atoms with Crippen LogP contribution in [0.2, 0.25) is 5.02 Å². The Morgan fingerprint density at radius 3 is 2.41 bits per heavy atom. The number of halogens is 4. The summed E-state index contributed by atoms with van der Waals surface area (Å²) in [7, 11) is 0. The molecule has 0 bridgehead atoms. The van der Waals surface area contributed by atoms with Gasteiger partial charge in [0.15, 0.2) is 0 Å². The third-order valence-electron chi connectivity index (χ3n) is 5.74. The fraction of sp³-hybridized carbons (Fsp3) is 0.364. The Balaban J connectivity index is 1.81. The van der Waals surface area contributed by atoms with E-state index in [-0.39, 0.29) is 23.4 Å². The monoisotopic (exact) mass is 391 g/mol. The number of allylic oxidation sites excluding steroid dienone is 2. The van der Waals surface area contributed by atoms with E-state index in [0.717, 1.165) is 18.1 Å². The Morgan fingerprint density at radius 1 is 1.07 bits per heavy atom. The summed E-state index contributed by atoms with van der Waals surface area (Å²) >= 11 is 6.32. The first-order chi connectivity index (χ1) is 12.8. The quantitative estimate of drug-likeness (QED) is 0.529. The van der Waals surface area contributed by atoms with Crippen LogP contribution in [0, 0.1) is 5.92 Å². The summed E-state index contributed by atoms with van der Waals surface area (Å²) in [4.78, 5) is 0. The van der Waals surface area contributed by atoms with Crippen LogP contribution in [0.15, 0.2) is 48.6 Å². The zero-order valence-electron chi connectivity index (χ0n) is 15.1. The molecule has 0 saturated heterocycles. The largest absolute Gasteiger partial charge is 0.416 e. The maximum Gasteiger partial charge on any atom is 0.416 e. The Kier molecular flexibility index (Phi) is 4.50. The van der Waals surface area contributed by atoms with E-state index in [1.54, 1.807) is 0 Å². The molecule has 3 atom stereocenters. The highest BCUT2D eigenvalue weighted by Gasteiger charge is 2.44. The van der Waals surface area contributed by atoms with Crippen LogP contribution in [0.25, 0.3) is 0 Å². The summed E-state index contributed by atoms with van der Waals surface area (Å²) in [5.41, 5.74) is 2.43. The third kappa shape index (κ3) is 3.14. The minimum atomic E-state index is -4.40. The number of hydrogen-bond acceptors (Lipinski definition) is 1. The van der Waals surface area contributed by atoms with Gasteiger partial charge in [-0.3, -0.25) is 0 Å². The van der Waals surface area contributed by atoms with Gasteiger partial charge in [-0.1, -0.05) is 61.9 Å². The Hall–Kier alpha value is -1.94. The molecule has 1 N–H and O–H groups in total. The first-order valence-corrected chi connectivity index (χ1v) is 9.58. The fourth-order valence-corrected chi connectivity index (χ4v) is 4.56. The summed E-state index contributed by atoms with van der Waals surface area (Å²) in [6.07, 6.45) is 0.245. The van der Waals surface area contributed by atoms with Crippen molar-refractivity contribution in [3.05, 3.63) is 75.8 Å². The molecule has 1 nitrogen and oxygen atoms in total. The molecule has 4 rings (SSSR count). The average molecular weight is 392 g/mol. The molecule has 0 aromatic heterocycles. The molecule has 5 heteroatoms. The van der Waals surface area contributed by atoms with Gasteiger partial charge in [-0.2, -0.15) is 13.2 Å². The Morgan fingerprint density at radius 2 is 1.78 bits per heavy atom. The minimum absolute atomic E-state index is 0.0435. The van der Waals surface area contributed by atoms with E-state index in [0.29, 0.717) is 16.6 Å². The summed E-state index contributed by atoms with van der Waals surface area (Å²) in [6, 6.07) is 10.7. The van der Waals surface area contributed by atoms with E-state index in [9.17, 15) is 13.2 Å². The highest BCUT2D eigenvalue weighted by atomic mass is 35.5. The van der Waals surface area contributed by atoms with Gasteiger partial charge in [0.25, 0.3) is 0 Å². The molecular formula is C22H21ClF3N. The van der Waals surface area contributed by atoms with Gasteiger partial charge in [0, 0.05) is 5.92 Å². The number of hydrogen-bond donors (Lipinski definition) is 1. The lowest BCUT2D eigenvalue weighted by Gasteiger charge is -2.39. The van der Waals surface area contributed by atoms with Crippen molar-refractivity contribution in [3.63, 3.8) is 0 Å². The lowest BCUT2D eigenvalue weighted by atomic mass is 9.75. The van der Waals surface area contributed by atoms with E-state index in [2.05, 4.69) is 43.4 Å². The lowest BCUT2D eigenvalue weighted by molar-refractivity contribution is -0.138. The predicted octanol–water partition coefficient (Wildman–Crippen LogP) is 7.31. The van der Waals surface area contributed by atoms with E-state index < -0.39 is 11.7 Å². The highest BCUT2D eigenvalue weighted by Crippen LogP contribution is 2.54. The second kappa shape index (κ2) is 6.59. The van der Waals surface area contributed by atoms with Crippen molar-refractivity contribution in [2.24, 2.45) is 5.92 Å². The van der Waals surface area contributed by atoms with Crippen LogP contribution in [0.4, 0.5) is 18.9 Å². The normalized spacial score (nSPS) is 23.9. The zero-order valence-corrected chi connectivity index (χ0v) is 15.9. The van der Waals surface area contributed by atoms with E-state index >= 15 is 0 Å². The molecule has 0 radical (unpaired) electrons. The molecule has 0 amide bonds. The number of rotatable bonds is 2.